The summed E-state index contributed by atoms with van der Waals surface area (Å²) < 4.78 is 59.5. The fourth-order valence-electron chi connectivity index (χ4n) is 3.54. The average molecular weight is 513 g/mol. The van der Waals surface area contributed by atoms with Crippen LogP contribution >= 0.6 is 8.61 Å². The van der Waals surface area contributed by atoms with Gasteiger partial charge in [0.15, 0.2) is 0 Å². The molecular formula is C21H26F2N5O6P. The van der Waals surface area contributed by atoms with Crippen LogP contribution in [0.15, 0.2) is 47.4 Å². The van der Waals surface area contributed by atoms with Gasteiger partial charge in [-0.15, -0.1) is 0 Å². The Morgan fingerprint density at radius 1 is 1.31 bits per heavy atom. The molecule has 14 heteroatoms. The highest BCUT2D eigenvalue weighted by Crippen LogP contribution is 2.45. The molecule has 1 aromatic carbocycles. The van der Waals surface area contributed by atoms with Crippen molar-refractivity contribution in [3.8, 4) is 5.75 Å². The first-order chi connectivity index (χ1) is 16.5. The first-order valence-corrected chi connectivity index (χ1v) is 11.5. The Kier molecular flexibility index (Phi) is 8.16. The molecule has 1 aromatic heterocycles. The van der Waals surface area contributed by atoms with Gasteiger partial charge in [0, 0.05) is 12.6 Å². The second kappa shape index (κ2) is 10.7. The Labute approximate surface area is 201 Å². The summed E-state index contributed by atoms with van der Waals surface area (Å²) >= 11 is 0. The van der Waals surface area contributed by atoms with Crippen molar-refractivity contribution >= 4 is 20.4 Å². The van der Waals surface area contributed by atoms with Gasteiger partial charge in [-0.3, -0.25) is 19.2 Å². The summed E-state index contributed by atoms with van der Waals surface area (Å²) in [6, 6.07) is 8.13. The van der Waals surface area contributed by atoms with E-state index in [-0.39, 0.29) is 11.6 Å². The lowest BCUT2D eigenvalue weighted by Crippen LogP contribution is -2.69. The molecule has 4 N–H and O–H groups in total. The molecule has 0 amide bonds. The molecule has 1 aliphatic heterocycles. The molecule has 4 atom stereocenters. The van der Waals surface area contributed by atoms with Crippen molar-refractivity contribution in [1.82, 2.24) is 20.0 Å². The van der Waals surface area contributed by atoms with Crippen LogP contribution < -0.4 is 26.6 Å². The van der Waals surface area contributed by atoms with Crippen LogP contribution in [-0.2, 0) is 18.8 Å². The Morgan fingerprint density at radius 2 is 2.00 bits per heavy atom. The number of nitrogen functional groups attached to an aromatic ring is 1. The van der Waals surface area contributed by atoms with Gasteiger partial charge in [-0.05, 0) is 39.0 Å². The second-order valence-electron chi connectivity index (χ2n) is 8.19. The van der Waals surface area contributed by atoms with Crippen molar-refractivity contribution in [2.45, 2.75) is 63.4 Å². The number of rotatable bonds is 10. The van der Waals surface area contributed by atoms with Gasteiger partial charge < -0.3 is 19.9 Å². The minimum absolute atomic E-state index is 0.142. The van der Waals surface area contributed by atoms with Crippen molar-refractivity contribution < 1.29 is 32.4 Å². The molecule has 0 aliphatic carbocycles. The lowest BCUT2D eigenvalue weighted by molar-refractivity contribution is -0.164. The molecule has 0 bridgehead atoms. The summed E-state index contributed by atoms with van der Waals surface area (Å²) in [7, 11) is -0.713. The van der Waals surface area contributed by atoms with Gasteiger partial charge in [-0.2, -0.15) is 10.1 Å². The molecular weight excluding hydrogens is 487 g/mol. The molecule has 35 heavy (non-hydrogen) atoms. The lowest BCUT2D eigenvalue weighted by atomic mass is 10.1. The topological polar surface area (TPSA) is 147 Å². The van der Waals surface area contributed by atoms with E-state index in [4.69, 9.17) is 19.9 Å². The summed E-state index contributed by atoms with van der Waals surface area (Å²) in [6.07, 6.45) is -3.99. The number of anilines is 1. The molecule has 1 unspecified atom stereocenters. The lowest BCUT2D eigenvalue weighted by Gasteiger charge is -2.39. The van der Waals surface area contributed by atoms with Gasteiger partial charge in [0.05, 0.1) is 6.10 Å². The molecule has 3 rings (SSSR count). The van der Waals surface area contributed by atoms with E-state index in [2.05, 4.69) is 15.4 Å². The number of nitrogens with one attached hydrogen (secondary N) is 2. The molecule has 1 saturated heterocycles. The smallest absolute Gasteiger partial charge is 0.351 e. The van der Waals surface area contributed by atoms with Crippen molar-refractivity contribution in [2.75, 3.05) is 5.73 Å². The average Bonchev–Trinajstić information content (AvgIpc) is 3.09. The number of alkyl halides is 2. The van der Waals surface area contributed by atoms with Gasteiger partial charge in [-0.1, -0.05) is 18.2 Å². The van der Waals surface area contributed by atoms with Crippen molar-refractivity contribution in [3.63, 3.8) is 0 Å². The molecule has 2 aromatic rings. The van der Waals surface area contributed by atoms with Crippen LogP contribution in [0.1, 0.15) is 33.4 Å². The molecule has 0 radical (unpaired) electrons. The normalized spacial score (nSPS) is 22.0. The molecule has 2 heterocycles. The zero-order valence-corrected chi connectivity index (χ0v) is 20.1. The van der Waals surface area contributed by atoms with E-state index < -0.39 is 62.9 Å². The number of hydrogen-bond acceptors (Lipinski definition) is 9. The van der Waals surface area contributed by atoms with Crippen LogP contribution in [0.3, 0.4) is 0 Å². The van der Waals surface area contributed by atoms with Crippen LogP contribution in [0.4, 0.5) is 14.6 Å². The number of para-hydroxylation sites is 1. The third kappa shape index (κ3) is 6.17. The minimum atomic E-state index is -3.58. The SMILES string of the molecule is CC(C)OC(=O)[C@H](C)NC(NP=O)(Oc1ccccc1)[C@H]1CC(F)(F)[C@H](n2ccc(N)nc2=O)O1. The number of nitrogens with two attached hydrogens (primary N) is 1. The molecule has 11 nitrogen and oxygen atoms in total. The fraction of sp³-hybridized carbons (Fsp3) is 0.476. The summed E-state index contributed by atoms with van der Waals surface area (Å²) in [6.45, 7) is 4.73. The van der Waals surface area contributed by atoms with Crippen LogP contribution in [-0.4, -0.2) is 45.5 Å². The quantitative estimate of drug-likeness (QED) is 0.245. The maximum absolute atomic E-state index is 15.2. The number of aromatic nitrogens is 2. The number of carbonyl (C=O) groups is 1. The molecule has 0 saturated carbocycles. The Morgan fingerprint density at radius 3 is 2.60 bits per heavy atom. The largest absolute Gasteiger partial charge is 0.462 e. The number of halogens is 2. The second-order valence-corrected chi connectivity index (χ2v) is 8.60. The highest BCUT2D eigenvalue weighted by Gasteiger charge is 2.60. The summed E-state index contributed by atoms with van der Waals surface area (Å²) in [5.41, 5.74) is 4.42. The van der Waals surface area contributed by atoms with E-state index in [0.717, 1.165) is 6.20 Å². The fourth-order valence-corrected chi connectivity index (χ4v) is 3.93. The Bertz CT molecular complexity index is 1110. The maximum atomic E-state index is 15.2. The zero-order valence-electron chi connectivity index (χ0n) is 19.2. The zero-order chi connectivity index (χ0) is 25.8. The van der Waals surface area contributed by atoms with Crippen LogP contribution in [0.5, 0.6) is 5.75 Å². The summed E-state index contributed by atoms with van der Waals surface area (Å²) in [4.78, 5) is 28.2. The van der Waals surface area contributed by atoms with Crippen LogP contribution in [0, 0.1) is 0 Å². The number of carbonyl (C=O) groups excluding carboxylic acids is 1. The van der Waals surface area contributed by atoms with E-state index in [1.165, 1.54) is 25.1 Å². The van der Waals surface area contributed by atoms with Crippen LogP contribution in [0.2, 0.25) is 0 Å². The summed E-state index contributed by atoms with van der Waals surface area (Å²) in [5.74, 6) is -6.34. The van der Waals surface area contributed by atoms with Gasteiger partial charge in [0.25, 0.3) is 20.4 Å². The highest BCUT2D eigenvalue weighted by molar-refractivity contribution is 7.21. The molecule has 190 valence electrons. The number of nitrogens with zero attached hydrogens (tertiary/aromatic N) is 2. The van der Waals surface area contributed by atoms with Crippen molar-refractivity contribution in [2.24, 2.45) is 0 Å². The van der Waals surface area contributed by atoms with E-state index >= 15 is 8.78 Å². The van der Waals surface area contributed by atoms with Gasteiger partial charge in [0.2, 0.25) is 6.23 Å². The highest BCUT2D eigenvalue weighted by atomic mass is 31.1. The molecule has 0 spiro atoms. The van der Waals surface area contributed by atoms with Crippen molar-refractivity contribution in [1.29, 1.82) is 0 Å². The van der Waals surface area contributed by atoms with E-state index in [1.807, 2.05) is 0 Å². The number of benzene rings is 1. The van der Waals surface area contributed by atoms with Crippen LogP contribution in [0.25, 0.3) is 0 Å². The Hall–Kier alpha value is -2.99. The van der Waals surface area contributed by atoms with E-state index in [0.29, 0.717) is 4.57 Å². The van der Waals surface area contributed by atoms with Gasteiger partial charge in [-0.25, -0.2) is 13.6 Å². The first kappa shape index (κ1) is 26.6. The van der Waals surface area contributed by atoms with Gasteiger partial charge >= 0.3 is 11.7 Å². The number of hydrogen-bond donors (Lipinski definition) is 3. The maximum Gasteiger partial charge on any atom is 0.351 e. The van der Waals surface area contributed by atoms with E-state index in [1.54, 1.807) is 32.0 Å². The number of esters is 1. The first-order valence-electron chi connectivity index (χ1n) is 10.7. The molecule has 1 aliphatic rings. The Balaban J connectivity index is 2.02. The minimum Gasteiger partial charge on any atom is -0.462 e. The van der Waals surface area contributed by atoms with Gasteiger partial charge in [0.1, 0.15) is 23.7 Å². The predicted octanol–water partition coefficient (Wildman–Crippen LogP) is 2.21. The third-order valence-electron chi connectivity index (χ3n) is 5.04. The standard InChI is InChI=1S/C21H26F2N5O6P/c1-12(2)32-17(29)13(3)26-21(27-35-31,34-14-7-5-4-6-8-14)15-11-20(22,23)18(33-15)28-10-9-16(24)25-19(28)30/h4-10,12-13,15,18,26H,11H2,1-3H3,(H,27,31)(H2,24,25,30)/t13-,15+,18+,21?/m0/s1. The summed E-state index contributed by atoms with van der Waals surface area (Å²) in [5, 5.41) is 5.22. The predicted molar refractivity (Wildman–Crippen MR) is 121 cm³/mol. The number of ether oxygens (including phenoxy) is 3. The third-order valence-corrected chi connectivity index (χ3v) is 5.46. The molecule has 1 fully saturated rings. The van der Waals surface area contributed by atoms with Crippen molar-refractivity contribution in [3.05, 3.63) is 53.1 Å². The van der Waals surface area contributed by atoms with E-state index in [9.17, 15) is 14.2 Å². The monoisotopic (exact) mass is 513 g/mol.